The molecule has 3 rings (SSSR count). The molecule has 0 aliphatic heterocycles. The highest BCUT2D eigenvalue weighted by Crippen LogP contribution is 2.16. The van der Waals surface area contributed by atoms with Crippen molar-refractivity contribution in [3.63, 3.8) is 0 Å². The fourth-order valence-corrected chi connectivity index (χ4v) is 2.46. The Hall–Kier alpha value is -1.66. The second-order valence-electron chi connectivity index (χ2n) is 4.64. The summed E-state index contributed by atoms with van der Waals surface area (Å²) in [5, 5.41) is 0. The molecule has 6 heteroatoms. The molecule has 0 aromatic carbocycles. The van der Waals surface area contributed by atoms with E-state index >= 15 is 0 Å². The average molecular weight is 335 g/mol. The molecule has 20 heavy (non-hydrogen) atoms. The third-order valence-electron chi connectivity index (χ3n) is 3.16. The van der Waals surface area contributed by atoms with Crippen LogP contribution >= 0.6 is 15.9 Å². The third kappa shape index (κ3) is 2.91. The minimum atomic E-state index is 0.752. The molecule has 3 heterocycles. The summed E-state index contributed by atoms with van der Waals surface area (Å²) in [4.78, 5) is 14.4. The second-order valence-corrected chi connectivity index (χ2v) is 5.56. The van der Waals surface area contributed by atoms with E-state index in [1.165, 1.54) is 5.56 Å². The van der Waals surface area contributed by atoms with Gasteiger partial charge in [0.25, 0.3) is 0 Å². The first-order chi connectivity index (χ1) is 9.74. The molecule has 0 amide bonds. The van der Waals surface area contributed by atoms with E-state index in [2.05, 4.69) is 42.7 Å². The normalized spacial score (nSPS) is 11.6. The molecular formula is C14H15BrN4O. The van der Waals surface area contributed by atoms with Gasteiger partial charge in [0.1, 0.15) is 5.82 Å². The smallest absolute Gasteiger partial charge is 0.177 e. The van der Waals surface area contributed by atoms with Crippen LogP contribution in [-0.2, 0) is 13.1 Å². The molecule has 0 saturated heterocycles. The van der Waals surface area contributed by atoms with Crippen molar-refractivity contribution < 1.29 is 4.42 Å². The predicted molar refractivity (Wildman–Crippen MR) is 80.1 cm³/mol. The van der Waals surface area contributed by atoms with Gasteiger partial charge in [0.15, 0.2) is 5.65 Å². The first-order valence-corrected chi connectivity index (χ1v) is 7.27. The highest BCUT2D eigenvalue weighted by Gasteiger charge is 2.10. The second kappa shape index (κ2) is 5.76. The maximum atomic E-state index is 5.11. The number of hydrogen-bond donors (Lipinski definition) is 1. The number of aromatic nitrogens is 3. The van der Waals surface area contributed by atoms with E-state index in [1.54, 1.807) is 18.7 Å². The zero-order valence-electron chi connectivity index (χ0n) is 11.1. The highest BCUT2D eigenvalue weighted by atomic mass is 79.9. The number of hydrogen-bond acceptors (Lipinski definition) is 4. The standard InChI is InChI=1S/C14H15BrN4O/c1-2-19(7-10-3-4-20-9-10)8-13-17-12-5-11(15)6-16-14(12)18-13/h3-6,9H,2,7-8H2,1H3,(H,16,17,18). The van der Waals surface area contributed by atoms with Crippen LogP contribution in [0.4, 0.5) is 0 Å². The van der Waals surface area contributed by atoms with Gasteiger partial charge in [0.2, 0.25) is 0 Å². The molecule has 5 nitrogen and oxygen atoms in total. The summed E-state index contributed by atoms with van der Waals surface area (Å²) < 4.78 is 6.06. The number of fused-ring (bicyclic) bond motifs is 1. The van der Waals surface area contributed by atoms with Crippen LogP contribution in [0.15, 0.2) is 39.7 Å². The Morgan fingerprint density at radius 3 is 3.05 bits per heavy atom. The summed E-state index contributed by atoms with van der Waals surface area (Å²) in [6.45, 7) is 4.69. The Morgan fingerprint density at radius 2 is 2.30 bits per heavy atom. The molecule has 0 aliphatic carbocycles. The summed E-state index contributed by atoms with van der Waals surface area (Å²) in [7, 11) is 0. The van der Waals surface area contributed by atoms with Crippen molar-refractivity contribution in [2.24, 2.45) is 0 Å². The van der Waals surface area contributed by atoms with Gasteiger partial charge >= 0.3 is 0 Å². The van der Waals surface area contributed by atoms with E-state index in [-0.39, 0.29) is 0 Å². The number of imidazole rings is 1. The molecule has 0 aliphatic rings. The van der Waals surface area contributed by atoms with E-state index in [0.717, 1.165) is 41.1 Å². The van der Waals surface area contributed by atoms with Crippen molar-refractivity contribution in [1.82, 2.24) is 19.9 Å². The third-order valence-corrected chi connectivity index (χ3v) is 3.59. The van der Waals surface area contributed by atoms with Gasteiger partial charge in [0.05, 0.1) is 24.6 Å². The topological polar surface area (TPSA) is 58.0 Å². The minimum absolute atomic E-state index is 0.752. The number of furan rings is 1. The van der Waals surface area contributed by atoms with E-state index in [9.17, 15) is 0 Å². The van der Waals surface area contributed by atoms with Crippen molar-refractivity contribution in [3.8, 4) is 0 Å². The van der Waals surface area contributed by atoms with E-state index in [4.69, 9.17) is 4.42 Å². The predicted octanol–water partition coefficient (Wildman–Crippen LogP) is 3.34. The SMILES string of the molecule is CCN(Cc1ccoc1)Cc1nc2ncc(Br)cc2[nH]1. The molecular weight excluding hydrogens is 320 g/mol. The summed E-state index contributed by atoms with van der Waals surface area (Å²) >= 11 is 3.41. The van der Waals surface area contributed by atoms with E-state index in [1.807, 2.05) is 12.1 Å². The van der Waals surface area contributed by atoms with E-state index < -0.39 is 0 Å². The van der Waals surface area contributed by atoms with Gasteiger partial charge in [-0.2, -0.15) is 0 Å². The molecule has 104 valence electrons. The zero-order valence-corrected chi connectivity index (χ0v) is 12.7. The van der Waals surface area contributed by atoms with Gasteiger partial charge in [-0.15, -0.1) is 0 Å². The van der Waals surface area contributed by atoms with Crippen molar-refractivity contribution in [1.29, 1.82) is 0 Å². The quantitative estimate of drug-likeness (QED) is 0.777. The van der Waals surface area contributed by atoms with Gasteiger partial charge in [-0.1, -0.05) is 6.92 Å². The number of rotatable bonds is 5. The average Bonchev–Trinajstić information content (AvgIpc) is 3.06. The summed E-state index contributed by atoms with van der Waals surface area (Å²) in [6, 6.07) is 3.98. The molecule has 0 bridgehead atoms. The van der Waals surface area contributed by atoms with Crippen molar-refractivity contribution in [3.05, 3.63) is 46.7 Å². The molecule has 3 aromatic rings. The lowest BCUT2D eigenvalue weighted by Crippen LogP contribution is -2.22. The minimum Gasteiger partial charge on any atom is -0.472 e. The maximum absolute atomic E-state index is 5.11. The highest BCUT2D eigenvalue weighted by molar-refractivity contribution is 9.10. The number of pyridine rings is 1. The lowest BCUT2D eigenvalue weighted by Gasteiger charge is -2.17. The van der Waals surface area contributed by atoms with Gasteiger partial charge in [0, 0.05) is 22.8 Å². The Bertz CT molecular complexity index is 692. The number of H-pyrrole nitrogens is 1. The van der Waals surface area contributed by atoms with Crippen LogP contribution in [0.2, 0.25) is 0 Å². The van der Waals surface area contributed by atoms with Gasteiger partial charge < -0.3 is 9.40 Å². The Balaban J connectivity index is 1.76. The van der Waals surface area contributed by atoms with Crippen molar-refractivity contribution in [2.75, 3.05) is 6.54 Å². The Kier molecular flexibility index (Phi) is 3.84. The molecule has 0 fully saturated rings. The maximum Gasteiger partial charge on any atom is 0.177 e. The van der Waals surface area contributed by atoms with Gasteiger partial charge in [-0.3, -0.25) is 4.90 Å². The fourth-order valence-electron chi connectivity index (χ4n) is 2.13. The van der Waals surface area contributed by atoms with Crippen LogP contribution < -0.4 is 0 Å². The van der Waals surface area contributed by atoms with Crippen LogP contribution in [0.1, 0.15) is 18.3 Å². The first kappa shape index (κ1) is 13.3. The monoisotopic (exact) mass is 334 g/mol. The van der Waals surface area contributed by atoms with Crippen molar-refractivity contribution >= 4 is 27.1 Å². The molecule has 0 unspecified atom stereocenters. The molecule has 0 spiro atoms. The Morgan fingerprint density at radius 1 is 1.40 bits per heavy atom. The first-order valence-electron chi connectivity index (χ1n) is 6.48. The molecule has 3 aromatic heterocycles. The van der Waals surface area contributed by atoms with Crippen LogP contribution in [0.5, 0.6) is 0 Å². The van der Waals surface area contributed by atoms with Crippen LogP contribution in [0, 0.1) is 0 Å². The number of halogens is 1. The number of nitrogens with one attached hydrogen (secondary N) is 1. The van der Waals surface area contributed by atoms with E-state index in [0.29, 0.717) is 0 Å². The lowest BCUT2D eigenvalue weighted by atomic mass is 10.3. The van der Waals surface area contributed by atoms with Crippen LogP contribution in [-0.4, -0.2) is 26.4 Å². The largest absolute Gasteiger partial charge is 0.472 e. The van der Waals surface area contributed by atoms with Gasteiger partial charge in [-0.25, -0.2) is 9.97 Å². The molecule has 0 radical (unpaired) electrons. The fraction of sp³-hybridized carbons (Fsp3) is 0.286. The lowest BCUT2D eigenvalue weighted by molar-refractivity contribution is 0.264. The molecule has 0 saturated carbocycles. The number of aromatic amines is 1. The zero-order chi connectivity index (χ0) is 13.9. The van der Waals surface area contributed by atoms with Crippen LogP contribution in [0.25, 0.3) is 11.2 Å². The summed E-state index contributed by atoms with van der Waals surface area (Å²) in [6.07, 6.45) is 5.24. The van der Waals surface area contributed by atoms with Crippen LogP contribution in [0.3, 0.4) is 0 Å². The number of nitrogens with zero attached hydrogens (tertiary/aromatic N) is 3. The van der Waals surface area contributed by atoms with Gasteiger partial charge in [-0.05, 0) is 34.6 Å². The summed E-state index contributed by atoms with van der Waals surface area (Å²) in [5.41, 5.74) is 2.88. The summed E-state index contributed by atoms with van der Waals surface area (Å²) in [5.74, 6) is 0.927. The molecule has 1 N–H and O–H groups in total. The Labute approximate surface area is 125 Å². The van der Waals surface area contributed by atoms with Crippen molar-refractivity contribution in [2.45, 2.75) is 20.0 Å². The molecule has 0 atom stereocenters.